The summed E-state index contributed by atoms with van der Waals surface area (Å²) in [5, 5.41) is 5.76. The van der Waals surface area contributed by atoms with Gasteiger partial charge in [-0.15, -0.1) is 0 Å². The maximum atomic E-state index is 12.2. The number of aryl methyl sites for hydroxylation is 1. The van der Waals surface area contributed by atoms with Crippen LogP contribution in [0.25, 0.3) is 5.69 Å². The van der Waals surface area contributed by atoms with Crippen LogP contribution in [0.1, 0.15) is 17.0 Å². The number of anilines is 1. The van der Waals surface area contributed by atoms with E-state index in [-0.39, 0.29) is 6.03 Å². The van der Waals surface area contributed by atoms with Gasteiger partial charge in [0.1, 0.15) is 5.75 Å². The average Bonchev–Trinajstić information content (AvgIpc) is 2.94. The molecule has 0 aliphatic carbocycles. The third-order valence-corrected chi connectivity index (χ3v) is 4.88. The maximum absolute atomic E-state index is 12.2. The van der Waals surface area contributed by atoms with Crippen molar-refractivity contribution in [2.45, 2.75) is 20.4 Å². The SMILES string of the molecule is COc1ccc(-n2c(C)cc(CNC(=O)Nc3cccc(Br)c3)c2C)cc1. The molecule has 2 N–H and O–H groups in total. The lowest BCUT2D eigenvalue weighted by Crippen LogP contribution is -2.28. The van der Waals surface area contributed by atoms with Gasteiger partial charge in [0.2, 0.25) is 0 Å². The van der Waals surface area contributed by atoms with Crippen molar-refractivity contribution in [3.05, 3.63) is 76.0 Å². The van der Waals surface area contributed by atoms with Gasteiger partial charge in [0, 0.05) is 33.8 Å². The zero-order chi connectivity index (χ0) is 19.4. The lowest BCUT2D eigenvalue weighted by molar-refractivity contribution is 0.251. The van der Waals surface area contributed by atoms with Crippen molar-refractivity contribution in [2.75, 3.05) is 12.4 Å². The highest BCUT2D eigenvalue weighted by Gasteiger charge is 2.12. The molecule has 0 saturated carbocycles. The molecule has 1 aromatic heterocycles. The minimum absolute atomic E-state index is 0.234. The number of carbonyl (C=O) groups is 1. The molecular formula is C21H22BrN3O2. The first kappa shape index (κ1) is 19.0. The van der Waals surface area contributed by atoms with Crippen molar-refractivity contribution < 1.29 is 9.53 Å². The number of nitrogens with zero attached hydrogens (tertiary/aromatic N) is 1. The van der Waals surface area contributed by atoms with Gasteiger partial charge in [-0.1, -0.05) is 22.0 Å². The number of hydrogen-bond acceptors (Lipinski definition) is 2. The summed E-state index contributed by atoms with van der Waals surface area (Å²) < 4.78 is 8.31. The highest BCUT2D eigenvalue weighted by atomic mass is 79.9. The van der Waals surface area contributed by atoms with Gasteiger partial charge >= 0.3 is 6.03 Å². The van der Waals surface area contributed by atoms with Crippen LogP contribution in [0, 0.1) is 13.8 Å². The number of methoxy groups -OCH3 is 1. The van der Waals surface area contributed by atoms with E-state index in [2.05, 4.69) is 51.0 Å². The van der Waals surface area contributed by atoms with Crippen LogP contribution >= 0.6 is 15.9 Å². The largest absolute Gasteiger partial charge is 0.497 e. The molecule has 140 valence electrons. The fourth-order valence-corrected chi connectivity index (χ4v) is 3.45. The van der Waals surface area contributed by atoms with Crippen LogP contribution in [0.15, 0.2) is 59.1 Å². The van der Waals surface area contributed by atoms with Gasteiger partial charge in [0.15, 0.2) is 0 Å². The zero-order valence-electron chi connectivity index (χ0n) is 15.5. The van der Waals surface area contributed by atoms with Crippen LogP contribution in [0.4, 0.5) is 10.5 Å². The summed E-state index contributed by atoms with van der Waals surface area (Å²) in [7, 11) is 1.66. The Kier molecular flexibility index (Phi) is 5.86. The van der Waals surface area contributed by atoms with E-state index < -0.39 is 0 Å². The molecule has 6 heteroatoms. The van der Waals surface area contributed by atoms with E-state index in [1.54, 1.807) is 7.11 Å². The Morgan fingerprint density at radius 1 is 1.11 bits per heavy atom. The Hall–Kier alpha value is -2.73. The van der Waals surface area contributed by atoms with E-state index >= 15 is 0 Å². The summed E-state index contributed by atoms with van der Waals surface area (Å²) in [6.45, 7) is 4.57. The average molecular weight is 428 g/mol. The van der Waals surface area contributed by atoms with Gasteiger partial charge in [0.25, 0.3) is 0 Å². The number of carbonyl (C=O) groups excluding carboxylic acids is 1. The first-order valence-corrected chi connectivity index (χ1v) is 9.40. The van der Waals surface area contributed by atoms with Crippen molar-refractivity contribution in [3.8, 4) is 11.4 Å². The number of ether oxygens (including phenoxy) is 1. The molecule has 2 aromatic carbocycles. The molecule has 0 aliphatic heterocycles. The Morgan fingerprint density at radius 2 is 1.85 bits per heavy atom. The molecule has 0 bridgehead atoms. The van der Waals surface area contributed by atoms with E-state index in [9.17, 15) is 4.79 Å². The van der Waals surface area contributed by atoms with Gasteiger partial charge in [0.05, 0.1) is 7.11 Å². The molecule has 0 unspecified atom stereocenters. The summed E-state index contributed by atoms with van der Waals surface area (Å²) in [4.78, 5) is 12.2. The van der Waals surface area contributed by atoms with E-state index in [4.69, 9.17) is 4.74 Å². The molecular weight excluding hydrogens is 406 g/mol. The highest BCUT2D eigenvalue weighted by molar-refractivity contribution is 9.10. The van der Waals surface area contributed by atoms with Crippen LogP contribution < -0.4 is 15.4 Å². The molecule has 0 atom stereocenters. The summed E-state index contributed by atoms with van der Waals surface area (Å²) in [6.07, 6.45) is 0. The Morgan fingerprint density at radius 3 is 2.52 bits per heavy atom. The number of benzene rings is 2. The van der Waals surface area contributed by atoms with Crippen molar-refractivity contribution >= 4 is 27.6 Å². The number of nitrogens with one attached hydrogen (secondary N) is 2. The van der Waals surface area contributed by atoms with Crippen LogP contribution in [-0.2, 0) is 6.54 Å². The quantitative estimate of drug-likeness (QED) is 0.588. The van der Waals surface area contributed by atoms with Gasteiger partial charge < -0.3 is 19.9 Å². The third-order valence-electron chi connectivity index (χ3n) is 4.39. The second-order valence-corrected chi connectivity index (χ2v) is 7.16. The van der Waals surface area contributed by atoms with E-state index in [0.29, 0.717) is 6.54 Å². The summed E-state index contributed by atoms with van der Waals surface area (Å²) in [5.74, 6) is 0.826. The first-order chi connectivity index (χ1) is 13.0. The Balaban J connectivity index is 1.69. The summed E-state index contributed by atoms with van der Waals surface area (Å²) in [6, 6.07) is 17.3. The second kappa shape index (κ2) is 8.31. The number of halogens is 1. The third kappa shape index (κ3) is 4.52. The standard InChI is InChI=1S/C21H22BrN3O2/c1-14-11-16(13-23-21(26)24-18-6-4-5-17(22)12-18)15(2)25(14)19-7-9-20(27-3)10-8-19/h4-12H,13H2,1-3H3,(H2,23,24,26). The lowest BCUT2D eigenvalue weighted by Gasteiger charge is -2.11. The monoisotopic (exact) mass is 427 g/mol. The van der Waals surface area contributed by atoms with Gasteiger partial charge in [-0.05, 0) is 67.9 Å². The molecule has 1 heterocycles. The van der Waals surface area contributed by atoms with Crippen LogP contribution in [-0.4, -0.2) is 17.7 Å². The normalized spacial score (nSPS) is 10.5. The smallest absolute Gasteiger partial charge is 0.319 e. The molecule has 0 aliphatic rings. The second-order valence-electron chi connectivity index (χ2n) is 6.25. The predicted molar refractivity (Wildman–Crippen MR) is 112 cm³/mol. The lowest BCUT2D eigenvalue weighted by atomic mass is 10.2. The molecule has 0 radical (unpaired) electrons. The van der Waals surface area contributed by atoms with Crippen molar-refractivity contribution in [3.63, 3.8) is 0 Å². The zero-order valence-corrected chi connectivity index (χ0v) is 17.1. The van der Waals surface area contributed by atoms with Gasteiger partial charge in [-0.25, -0.2) is 4.79 Å². The van der Waals surface area contributed by atoms with Gasteiger partial charge in [-0.3, -0.25) is 0 Å². The minimum Gasteiger partial charge on any atom is -0.497 e. The first-order valence-electron chi connectivity index (χ1n) is 8.60. The van der Waals surface area contributed by atoms with E-state index in [0.717, 1.165) is 38.5 Å². The van der Waals surface area contributed by atoms with Crippen LogP contribution in [0.5, 0.6) is 5.75 Å². The van der Waals surface area contributed by atoms with Gasteiger partial charge in [-0.2, -0.15) is 0 Å². The summed E-state index contributed by atoms with van der Waals surface area (Å²) in [5.41, 5.74) is 5.09. The summed E-state index contributed by atoms with van der Waals surface area (Å²) >= 11 is 3.40. The minimum atomic E-state index is -0.234. The molecule has 0 fully saturated rings. The molecule has 3 aromatic rings. The number of aromatic nitrogens is 1. The van der Waals surface area contributed by atoms with Crippen LogP contribution in [0.2, 0.25) is 0 Å². The molecule has 27 heavy (non-hydrogen) atoms. The fourth-order valence-electron chi connectivity index (χ4n) is 3.05. The molecule has 0 saturated heterocycles. The van der Waals surface area contributed by atoms with E-state index in [1.165, 1.54) is 0 Å². The van der Waals surface area contributed by atoms with Crippen molar-refractivity contribution in [1.29, 1.82) is 0 Å². The fraction of sp³-hybridized carbons (Fsp3) is 0.190. The molecule has 3 rings (SSSR count). The number of hydrogen-bond donors (Lipinski definition) is 2. The Bertz CT molecular complexity index is 949. The predicted octanol–water partition coefficient (Wildman–Crippen LogP) is 5.19. The number of urea groups is 1. The highest BCUT2D eigenvalue weighted by Crippen LogP contribution is 2.23. The maximum Gasteiger partial charge on any atom is 0.319 e. The topological polar surface area (TPSA) is 55.3 Å². The number of rotatable bonds is 5. The molecule has 5 nitrogen and oxygen atoms in total. The Labute approximate surface area is 167 Å². The molecule has 2 amide bonds. The van der Waals surface area contributed by atoms with Crippen molar-refractivity contribution in [1.82, 2.24) is 9.88 Å². The molecule has 0 spiro atoms. The van der Waals surface area contributed by atoms with E-state index in [1.807, 2.05) is 48.5 Å². The van der Waals surface area contributed by atoms with Crippen LogP contribution in [0.3, 0.4) is 0 Å². The number of amides is 2. The van der Waals surface area contributed by atoms with Crippen molar-refractivity contribution in [2.24, 2.45) is 0 Å².